The molecule has 0 bridgehead atoms. The molecule has 0 saturated heterocycles. The lowest BCUT2D eigenvalue weighted by Gasteiger charge is -2.09. The van der Waals surface area contributed by atoms with Crippen LogP contribution in [0.15, 0.2) is 59.5 Å². The number of nitrogens with one attached hydrogen (secondary N) is 2. The van der Waals surface area contributed by atoms with E-state index in [2.05, 4.69) is 10.3 Å². The highest BCUT2D eigenvalue weighted by Crippen LogP contribution is 2.27. The average molecular weight is 325 g/mol. The summed E-state index contributed by atoms with van der Waals surface area (Å²) in [4.78, 5) is 27.3. The first kappa shape index (κ1) is 15.2. The first-order valence-corrected chi connectivity index (χ1v) is 8.01. The van der Waals surface area contributed by atoms with E-state index in [-0.39, 0.29) is 11.7 Å². The molecular formula is C17H15N3O2S. The Morgan fingerprint density at radius 3 is 2.61 bits per heavy atom. The number of aromatic nitrogens is 1. The Bertz CT molecular complexity index is 840. The van der Waals surface area contributed by atoms with Crippen LogP contribution in [0.5, 0.6) is 0 Å². The number of benzene rings is 2. The first-order chi connectivity index (χ1) is 11.1. The molecule has 5 nitrogen and oxygen atoms in total. The highest BCUT2D eigenvalue weighted by Gasteiger charge is 2.12. The van der Waals surface area contributed by atoms with Gasteiger partial charge < -0.3 is 16.0 Å². The number of primary amides is 1. The molecule has 0 saturated carbocycles. The van der Waals surface area contributed by atoms with Crippen molar-refractivity contribution < 1.29 is 9.59 Å². The van der Waals surface area contributed by atoms with E-state index in [1.807, 2.05) is 48.5 Å². The van der Waals surface area contributed by atoms with Crippen LogP contribution in [-0.2, 0) is 4.79 Å². The summed E-state index contributed by atoms with van der Waals surface area (Å²) in [6, 6.07) is 16.8. The maximum atomic E-state index is 12.4. The van der Waals surface area contributed by atoms with Gasteiger partial charge in [-0.05, 0) is 24.3 Å². The molecule has 0 radical (unpaired) electrons. The van der Waals surface area contributed by atoms with Crippen LogP contribution in [-0.4, -0.2) is 22.6 Å². The summed E-state index contributed by atoms with van der Waals surface area (Å²) in [5.41, 5.74) is 7.23. The number of carbonyl (C=O) groups excluding carboxylic acids is 2. The third kappa shape index (κ3) is 3.54. The number of amides is 2. The van der Waals surface area contributed by atoms with Gasteiger partial charge in [0, 0.05) is 15.8 Å². The number of H-pyrrole nitrogens is 1. The first-order valence-electron chi connectivity index (χ1n) is 7.03. The van der Waals surface area contributed by atoms with Gasteiger partial charge in [-0.1, -0.05) is 30.3 Å². The third-order valence-corrected chi connectivity index (χ3v) is 4.38. The van der Waals surface area contributed by atoms with E-state index in [9.17, 15) is 9.59 Å². The number of rotatable bonds is 5. The fraction of sp³-hybridized carbons (Fsp3) is 0.0588. The number of carbonyl (C=O) groups is 2. The summed E-state index contributed by atoms with van der Waals surface area (Å²) in [5, 5.41) is 3.85. The molecule has 0 aliphatic heterocycles. The predicted octanol–water partition coefficient (Wildman–Crippen LogP) is 3.00. The van der Waals surface area contributed by atoms with Crippen LogP contribution < -0.4 is 11.1 Å². The molecule has 3 aromatic rings. The van der Waals surface area contributed by atoms with E-state index >= 15 is 0 Å². The Hall–Kier alpha value is -2.73. The molecule has 1 heterocycles. The zero-order valence-electron chi connectivity index (χ0n) is 12.2. The second kappa shape index (κ2) is 6.58. The molecule has 0 spiro atoms. The number of thioether (sulfide) groups is 1. The van der Waals surface area contributed by atoms with Gasteiger partial charge in [0.2, 0.25) is 5.91 Å². The van der Waals surface area contributed by atoms with Gasteiger partial charge in [0.25, 0.3) is 5.91 Å². The van der Waals surface area contributed by atoms with E-state index in [4.69, 9.17) is 5.73 Å². The molecule has 6 heteroatoms. The highest BCUT2D eigenvalue weighted by atomic mass is 32.2. The molecule has 4 N–H and O–H groups in total. The fourth-order valence-corrected chi connectivity index (χ4v) is 2.98. The van der Waals surface area contributed by atoms with Crippen molar-refractivity contribution in [2.75, 3.05) is 11.1 Å². The number of aromatic amines is 1. The smallest absolute Gasteiger partial charge is 0.272 e. The Balaban J connectivity index is 1.81. The largest absolute Gasteiger partial charge is 0.369 e. The predicted molar refractivity (Wildman–Crippen MR) is 92.6 cm³/mol. The summed E-state index contributed by atoms with van der Waals surface area (Å²) in [6.45, 7) is 0. The van der Waals surface area contributed by atoms with Crippen LogP contribution in [0.2, 0.25) is 0 Å². The van der Waals surface area contributed by atoms with Crippen LogP contribution in [0.1, 0.15) is 10.5 Å². The number of nitrogens with two attached hydrogens (primary N) is 1. The SMILES string of the molecule is NC(=O)CSc1ccccc1NC(=O)c1cc2ccccc2[nH]1. The van der Waals surface area contributed by atoms with Gasteiger partial charge in [-0.15, -0.1) is 11.8 Å². The van der Waals surface area contributed by atoms with Crippen LogP contribution in [0.4, 0.5) is 5.69 Å². The summed E-state index contributed by atoms with van der Waals surface area (Å²) >= 11 is 1.30. The molecule has 116 valence electrons. The second-order valence-electron chi connectivity index (χ2n) is 4.98. The lowest BCUT2D eigenvalue weighted by Crippen LogP contribution is -2.15. The summed E-state index contributed by atoms with van der Waals surface area (Å²) in [7, 11) is 0. The summed E-state index contributed by atoms with van der Waals surface area (Å²) in [6.07, 6.45) is 0. The Morgan fingerprint density at radius 2 is 1.83 bits per heavy atom. The van der Waals surface area contributed by atoms with Gasteiger partial charge in [-0.3, -0.25) is 9.59 Å². The number of hydrogen-bond donors (Lipinski definition) is 3. The zero-order chi connectivity index (χ0) is 16.2. The van der Waals surface area contributed by atoms with Crippen LogP contribution >= 0.6 is 11.8 Å². The van der Waals surface area contributed by atoms with Gasteiger partial charge >= 0.3 is 0 Å². The Labute approximate surface area is 137 Å². The molecular weight excluding hydrogens is 310 g/mol. The van der Waals surface area contributed by atoms with Gasteiger partial charge in [-0.2, -0.15) is 0 Å². The van der Waals surface area contributed by atoms with Crippen molar-refractivity contribution in [3.05, 3.63) is 60.3 Å². The van der Waals surface area contributed by atoms with Crippen LogP contribution in [0.3, 0.4) is 0 Å². The molecule has 3 rings (SSSR count). The Morgan fingerprint density at radius 1 is 1.09 bits per heavy atom. The van der Waals surface area contributed by atoms with Crippen molar-refractivity contribution in [2.45, 2.75) is 4.90 Å². The standard InChI is InChI=1S/C17H15N3O2S/c18-16(21)10-23-15-8-4-3-7-13(15)20-17(22)14-9-11-5-1-2-6-12(11)19-14/h1-9,19H,10H2,(H2,18,21)(H,20,22). The van der Waals surface area contributed by atoms with E-state index in [0.29, 0.717) is 11.4 Å². The number of hydrogen-bond acceptors (Lipinski definition) is 3. The lowest BCUT2D eigenvalue weighted by molar-refractivity contribution is -0.115. The monoisotopic (exact) mass is 325 g/mol. The average Bonchev–Trinajstić information content (AvgIpc) is 2.98. The molecule has 23 heavy (non-hydrogen) atoms. The molecule has 2 aromatic carbocycles. The minimum absolute atomic E-state index is 0.166. The van der Waals surface area contributed by atoms with Gasteiger partial charge in [0.05, 0.1) is 11.4 Å². The van der Waals surface area contributed by atoms with Crippen molar-refractivity contribution in [1.29, 1.82) is 0 Å². The van der Waals surface area contributed by atoms with Crippen molar-refractivity contribution in [3.63, 3.8) is 0 Å². The number of anilines is 1. The van der Waals surface area contributed by atoms with Crippen molar-refractivity contribution in [1.82, 2.24) is 4.98 Å². The van der Waals surface area contributed by atoms with Gasteiger partial charge in [0.15, 0.2) is 0 Å². The summed E-state index contributed by atoms with van der Waals surface area (Å²) in [5.74, 6) is -0.459. The molecule has 2 amide bonds. The topological polar surface area (TPSA) is 88.0 Å². The van der Waals surface area contributed by atoms with E-state index < -0.39 is 5.91 Å². The van der Waals surface area contributed by atoms with Crippen LogP contribution in [0, 0.1) is 0 Å². The maximum Gasteiger partial charge on any atom is 0.272 e. The van der Waals surface area contributed by atoms with Crippen LogP contribution in [0.25, 0.3) is 10.9 Å². The van der Waals surface area contributed by atoms with E-state index in [0.717, 1.165) is 15.8 Å². The van der Waals surface area contributed by atoms with E-state index in [1.165, 1.54) is 11.8 Å². The number of fused-ring (bicyclic) bond motifs is 1. The second-order valence-corrected chi connectivity index (χ2v) is 5.99. The molecule has 0 aliphatic carbocycles. The van der Waals surface area contributed by atoms with E-state index in [1.54, 1.807) is 6.07 Å². The summed E-state index contributed by atoms with van der Waals surface area (Å²) < 4.78 is 0. The molecule has 0 unspecified atom stereocenters. The van der Waals surface area contributed by atoms with Crippen molar-refractivity contribution in [2.24, 2.45) is 5.73 Å². The molecule has 0 fully saturated rings. The normalized spacial score (nSPS) is 10.6. The lowest BCUT2D eigenvalue weighted by atomic mass is 10.2. The van der Waals surface area contributed by atoms with Gasteiger partial charge in [0.1, 0.15) is 5.69 Å². The zero-order valence-corrected chi connectivity index (χ0v) is 13.0. The highest BCUT2D eigenvalue weighted by molar-refractivity contribution is 8.00. The van der Waals surface area contributed by atoms with Crippen molar-refractivity contribution >= 4 is 40.2 Å². The van der Waals surface area contributed by atoms with Crippen molar-refractivity contribution in [3.8, 4) is 0 Å². The molecule has 1 aromatic heterocycles. The quantitative estimate of drug-likeness (QED) is 0.630. The fourth-order valence-electron chi connectivity index (χ4n) is 2.23. The third-order valence-electron chi connectivity index (χ3n) is 3.28. The molecule has 0 atom stereocenters. The molecule has 0 aliphatic rings. The Kier molecular flexibility index (Phi) is 4.34. The maximum absolute atomic E-state index is 12.4. The minimum atomic E-state index is -0.397. The number of para-hydroxylation sites is 2. The minimum Gasteiger partial charge on any atom is -0.369 e. The van der Waals surface area contributed by atoms with Gasteiger partial charge in [-0.25, -0.2) is 0 Å².